The molecule has 2 aromatic rings. The van der Waals surface area contributed by atoms with Gasteiger partial charge in [0.05, 0.1) is 18.8 Å². The van der Waals surface area contributed by atoms with Gasteiger partial charge >= 0.3 is 0 Å². The number of ether oxygens (including phenoxy) is 2. The number of hydrogen-bond donors (Lipinski definition) is 2. The van der Waals surface area contributed by atoms with Crippen molar-refractivity contribution >= 4 is 5.96 Å². The minimum Gasteiger partial charge on any atom is -0.490 e. The Morgan fingerprint density at radius 1 is 1.31 bits per heavy atom. The molecule has 1 aromatic carbocycles. The van der Waals surface area contributed by atoms with Crippen molar-refractivity contribution in [1.82, 2.24) is 15.6 Å². The number of aliphatic imine (C=N–C) groups is 1. The van der Waals surface area contributed by atoms with Crippen LogP contribution in [0.4, 0.5) is 0 Å². The first-order valence-corrected chi connectivity index (χ1v) is 8.85. The molecule has 2 heterocycles. The number of guanidine groups is 1. The van der Waals surface area contributed by atoms with Crippen LogP contribution in [0.1, 0.15) is 31.9 Å². The highest BCUT2D eigenvalue weighted by Crippen LogP contribution is 2.39. The lowest BCUT2D eigenvalue weighted by Crippen LogP contribution is -2.46. The van der Waals surface area contributed by atoms with Gasteiger partial charge in [-0.2, -0.15) is 0 Å². The zero-order valence-corrected chi connectivity index (χ0v) is 15.5. The van der Waals surface area contributed by atoms with E-state index >= 15 is 0 Å². The van der Waals surface area contributed by atoms with E-state index in [1.54, 1.807) is 19.4 Å². The largest absolute Gasteiger partial charge is 0.490 e. The topological polar surface area (TPSA) is 67.8 Å². The third-order valence-corrected chi connectivity index (χ3v) is 4.21. The molecular weight excluding hydrogens is 328 g/mol. The van der Waals surface area contributed by atoms with Gasteiger partial charge in [-0.3, -0.25) is 9.98 Å². The molecule has 0 amide bonds. The van der Waals surface area contributed by atoms with Crippen LogP contribution in [0.2, 0.25) is 0 Å². The molecule has 2 N–H and O–H groups in total. The molecule has 6 heteroatoms. The van der Waals surface area contributed by atoms with E-state index in [2.05, 4.69) is 40.5 Å². The lowest BCUT2D eigenvalue weighted by molar-refractivity contribution is 0.0694. The van der Waals surface area contributed by atoms with E-state index in [0.717, 1.165) is 29.4 Å². The highest BCUT2D eigenvalue weighted by molar-refractivity contribution is 5.80. The smallest absolute Gasteiger partial charge is 0.191 e. The first-order chi connectivity index (χ1) is 12.6. The number of hydrogen-bond acceptors (Lipinski definition) is 4. The van der Waals surface area contributed by atoms with Crippen molar-refractivity contribution in [2.75, 3.05) is 20.2 Å². The molecule has 1 aromatic heterocycles. The van der Waals surface area contributed by atoms with Crippen molar-refractivity contribution < 1.29 is 9.47 Å². The number of fused-ring (bicyclic) bond motifs is 1. The molecule has 138 valence electrons. The summed E-state index contributed by atoms with van der Waals surface area (Å²) < 4.78 is 11.7. The molecule has 0 saturated heterocycles. The summed E-state index contributed by atoms with van der Waals surface area (Å²) in [5.74, 6) is 2.44. The summed E-state index contributed by atoms with van der Waals surface area (Å²) in [6, 6.07) is 12.0. The van der Waals surface area contributed by atoms with E-state index in [-0.39, 0.29) is 11.6 Å². The molecule has 1 aliphatic heterocycles. The van der Waals surface area contributed by atoms with Crippen LogP contribution in [0, 0.1) is 0 Å². The Hall–Kier alpha value is -2.76. The highest BCUT2D eigenvalue weighted by atomic mass is 16.5. The molecule has 0 fully saturated rings. The SMILES string of the molecule is CN=C(NCCOc1cccnc1)NC1CC(C)(C)Oc2ccccc21. The lowest BCUT2D eigenvalue weighted by Gasteiger charge is -2.38. The molecule has 1 aliphatic rings. The van der Waals surface area contributed by atoms with Gasteiger partial charge in [-0.25, -0.2) is 0 Å². The van der Waals surface area contributed by atoms with Gasteiger partial charge in [-0.1, -0.05) is 18.2 Å². The fourth-order valence-electron chi connectivity index (χ4n) is 3.06. The normalized spacial score (nSPS) is 18.4. The Labute approximate surface area is 154 Å². The molecule has 0 aliphatic carbocycles. The Morgan fingerprint density at radius 3 is 2.92 bits per heavy atom. The number of aromatic nitrogens is 1. The van der Waals surface area contributed by atoms with Crippen LogP contribution < -0.4 is 20.1 Å². The second-order valence-corrected chi connectivity index (χ2v) is 6.84. The molecule has 0 saturated carbocycles. The maximum absolute atomic E-state index is 6.09. The van der Waals surface area contributed by atoms with Gasteiger partial charge in [-0.05, 0) is 32.0 Å². The average Bonchev–Trinajstić information content (AvgIpc) is 2.64. The summed E-state index contributed by atoms with van der Waals surface area (Å²) in [7, 11) is 1.77. The van der Waals surface area contributed by atoms with Crippen LogP contribution >= 0.6 is 0 Å². The van der Waals surface area contributed by atoms with E-state index in [9.17, 15) is 0 Å². The van der Waals surface area contributed by atoms with Crippen LogP contribution in [-0.2, 0) is 0 Å². The molecule has 3 rings (SSSR count). The highest BCUT2D eigenvalue weighted by Gasteiger charge is 2.33. The van der Waals surface area contributed by atoms with Crippen LogP contribution in [0.15, 0.2) is 53.8 Å². The fourth-order valence-corrected chi connectivity index (χ4v) is 3.06. The van der Waals surface area contributed by atoms with Crippen molar-refractivity contribution in [3.63, 3.8) is 0 Å². The fraction of sp³-hybridized carbons (Fsp3) is 0.400. The standard InChI is InChI=1S/C20H26N4O2/c1-20(2)13-17(16-8-4-5-9-18(16)26-20)24-19(21-3)23-11-12-25-15-7-6-10-22-14-15/h4-10,14,17H,11-13H2,1-3H3,(H2,21,23,24). The Balaban J connectivity index is 1.56. The maximum Gasteiger partial charge on any atom is 0.191 e. The second-order valence-electron chi connectivity index (χ2n) is 6.84. The third-order valence-electron chi connectivity index (χ3n) is 4.21. The average molecular weight is 354 g/mol. The van der Waals surface area contributed by atoms with Crippen LogP contribution in [-0.4, -0.2) is 36.7 Å². The number of nitrogens with zero attached hydrogens (tertiary/aromatic N) is 2. The van der Waals surface area contributed by atoms with Crippen molar-refractivity contribution in [2.45, 2.75) is 31.9 Å². The molecular formula is C20H26N4O2. The van der Waals surface area contributed by atoms with Gasteiger partial charge in [0.15, 0.2) is 5.96 Å². The summed E-state index contributed by atoms with van der Waals surface area (Å²) in [4.78, 5) is 8.37. The van der Waals surface area contributed by atoms with E-state index < -0.39 is 0 Å². The molecule has 0 radical (unpaired) electrons. The van der Waals surface area contributed by atoms with Crippen molar-refractivity contribution in [1.29, 1.82) is 0 Å². The minimum atomic E-state index is -0.228. The van der Waals surface area contributed by atoms with Crippen molar-refractivity contribution in [3.05, 3.63) is 54.4 Å². The minimum absolute atomic E-state index is 0.139. The summed E-state index contributed by atoms with van der Waals surface area (Å²) in [6.07, 6.45) is 4.29. The van der Waals surface area contributed by atoms with E-state index in [1.165, 1.54) is 0 Å². The summed E-state index contributed by atoms with van der Waals surface area (Å²) in [6.45, 7) is 5.39. The van der Waals surface area contributed by atoms with Gasteiger partial charge in [0.25, 0.3) is 0 Å². The van der Waals surface area contributed by atoms with Gasteiger partial charge in [-0.15, -0.1) is 0 Å². The van der Waals surface area contributed by atoms with E-state index in [1.807, 2.05) is 30.3 Å². The third kappa shape index (κ3) is 4.65. The monoisotopic (exact) mass is 354 g/mol. The molecule has 26 heavy (non-hydrogen) atoms. The van der Waals surface area contributed by atoms with Gasteiger partial charge in [0.1, 0.15) is 23.7 Å². The first-order valence-electron chi connectivity index (χ1n) is 8.85. The maximum atomic E-state index is 6.09. The number of pyridine rings is 1. The summed E-state index contributed by atoms with van der Waals surface area (Å²) >= 11 is 0. The molecule has 0 bridgehead atoms. The number of nitrogens with one attached hydrogen (secondary N) is 2. The van der Waals surface area contributed by atoms with Gasteiger partial charge < -0.3 is 20.1 Å². The quantitative estimate of drug-likeness (QED) is 0.491. The Kier molecular flexibility index (Phi) is 5.61. The van der Waals surface area contributed by atoms with Crippen LogP contribution in [0.5, 0.6) is 11.5 Å². The molecule has 6 nitrogen and oxygen atoms in total. The molecule has 1 unspecified atom stereocenters. The van der Waals surface area contributed by atoms with Crippen molar-refractivity contribution in [3.8, 4) is 11.5 Å². The van der Waals surface area contributed by atoms with E-state index in [0.29, 0.717) is 13.2 Å². The first kappa shape index (κ1) is 18.0. The number of para-hydroxylation sites is 1. The lowest BCUT2D eigenvalue weighted by atomic mass is 9.90. The van der Waals surface area contributed by atoms with E-state index in [4.69, 9.17) is 9.47 Å². The number of benzene rings is 1. The predicted molar refractivity (Wildman–Crippen MR) is 103 cm³/mol. The Bertz CT molecular complexity index is 746. The van der Waals surface area contributed by atoms with Gasteiger partial charge in [0.2, 0.25) is 0 Å². The molecule has 0 spiro atoms. The predicted octanol–water partition coefficient (Wildman–Crippen LogP) is 2.93. The van der Waals surface area contributed by atoms with Gasteiger partial charge in [0, 0.05) is 25.2 Å². The zero-order valence-electron chi connectivity index (χ0n) is 15.5. The van der Waals surface area contributed by atoms with Crippen LogP contribution in [0.3, 0.4) is 0 Å². The number of rotatable bonds is 5. The second kappa shape index (κ2) is 8.08. The summed E-state index contributed by atoms with van der Waals surface area (Å²) in [5.41, 5.74) is 0.926. The molecule has 1 atom stereocenters. The summed E-state index contributed by atoms with van der Waals surface area (Å²) in [5, 5.41) is 6.80. The zero-order chi connectivity index (χ0) is 18.4. The van der Waals surface area contributed by atoms with Crippen LogP contribution in [0.25, 0.3) is 0 Å². The van der Waals surface area contributed by atoms with Crippen molar-refractivity contribution in [2.24, 2.45) is 4.99 Å². The Morgan fingerprint density at radius 2 is 2.15 bits per heavy atom.